The molecule has 0 rings (SSSR count). The molecule has 0 fully saturated rings. The smallest absolute Gasteiger partial charge is 0.0965 e. The number of hydrogen-bond acceptors (Lipinski definition) is 2. The number of ether oxygens (including phenoxy) is 1. The highest BCUT2D eigenvalue weighted by Crippen LogP contribution is 1.92. The fourth-order valence-electron chi connectivity index (χ4n) is 0.300. The van der Waals surface area contributed by atoms with Crippen molar-refractivity contribution in [2.45, 2.75) is 20.0 Å². The van der Waals surface area contributed by atoms with Gasteiger partial charge in [0.1, 0.15) is 0 Å². The first-order valence-electron chi connectivity index (χ1n) is 2.86. The van der Waals surface area contributed by atoms with Gasteiger partial charge in [-0.3, -0.25) is 0 Å². The monoisotopic (exact) mass is 125 g/mol. The van der Waals surface area contributed by atoms with Crippen molar-refractivity contribution in [3.63, 3.8) is 0 Å². The van der Waals surface area contributed by atoms with Gasteiger partial charge in [-0.05, 0) is 13.8 Å². The van der Waals surface area contributed by atoms with Gasteiger partial charge in [-0.15, -0.1) is 0 Å². The van der Waals surface area contributed by atoms with E-state index < -0.39 is 0 Å². The topological polar surface area (TPSA) is 33.0 Å². The van der Waals surface area contributed by atoms with E-state index in [1.165, 1.54) is 0 Å². The van der Waals surface area contributed by atoms with E-state index in [-0.39, 0.29) is 6.10 Å². The van der Waals surface area contributed by atoms with Crippen molar-refractivity contribution < 1.29 is 4.74 Å². The Morgan fingerprint density at radius 3 is 2.67 bits per heavy atom. The van der Waals surface area contributed by atoms with Gasteiger partial charge in [0.2, 0.25) is 0 Å². The molecule has 0 unspecified atom stereocenters. The lowest BCUT2D eigenvalue weighted by Crippen LogP contribution is -2.04. The zero-order valence-corrected chi connectivity index (χ0v) is 5.85. The lowest BCUT2D eigenvalue weighted by atomic mass is 10.3. The zero-order valence-electron chi connectivity index (χ0n) is 5.85. The van der Waals surface area contributed by atoms with Gasteiger partial charge in [-0.1, -0.05) is 6.58 Å². The van der Waals surface area contributed by atoms with E-state index in [9.17, 15) is 0 Å². The van der Waals surface area contributed by atoms with Crippen LogP contribution < -0.4 is 0 Å². The summed E-state index contributed by atoms with van der Waals surface area (Å²) < 4.78 is 5.07. The molecule has 0 aliphatic carbocycles. The average Bonchev–Trinajstić information content (AvgIpc) is 1.83. The number of hydrogen-bond donors (Lipinski definition) is 0. The van der Waals surface area contributed by atoms with E-state index in [2.05, 4.69) is 6.58 Å². The van der Waals surface area contributed by atoms with Crippen LogP contribution in [0.25, 0.3) is 0 Å². The van der Waals surface area contributed by atoms with Crippen LogP contribution in [0.5, 0.6) is 0 Å². The largest absolute Gasteiger partial charge is 0.373 e. The molecule has 50 valence electrons. The van der Waals surface area contributed by atoms with Crippen molar-refractivity contribution in [3.8, 4) is 6.07 Å². The lowest BCUT2D eigenvalue weighted by Gasteiger charge is -2.03. The first kappa shape index (κ1) is 8.19. The summed E-state index contributed by atoms with van der Waals surface area (Å²) in [5, 5.41) is 8.22. The van der Waals surface area contributed by atoms with Crippen LogP contribution >= 0.6 is 0 Å². The molecule has 0 aromatic carbocycles. The molecule has 0 spiro atoms. The third kappa shape index (κ3) is 5.05. The Morgan fingerprint density at radius 1 is 1.78 bits per heavy atom. The summed E-state index contributed by atoms with van der Waals surface area (Å²) in [5.41, 5.74) is 0.476. The highest BCUT2D eigenvalue weighted by Gasteiger charge is 1.93. The predicted octanol–water partition coefficient (Wildman–Crippen LogP) is 1.49. The van der Waals surface area contributed by atoms with E-state index in [0.717, 1.165) is 0 Å². The molecular weight excluding hydrogens is 114 g/mol. The van der Waals surface area contributed by atoms with Gasteiger partial charge in [-0.25, -0.2) is 0 Å². The van der Waals surface area contributed by atoms with E-state index >= 15 is 0 Å². The molecule has 0 aromatic heterocycles. The molecule has 0 bridgehead atoms. The van der Waals surface area contributed by atoms with Gasteiger partial charge in [-0.2, -0.15) is 5.26 Å². The average molecular weight is 125 g/mol. The number of rotatable bonds is 3. The lowest BCUT2D eigenvalue weighted by molar-refractivity contribution is 0.0994. The Hall–Kier alpha value is -0.810. The minimum Gasteiger partial charge on any atom is -0.373 e. The molecule has 2 nitrogen and oxygen atoms in total. The molecule has 0 amide bonds. The van der Waals surface area contributed by atoms with Crippen molar-refractivity contribution in [2.24, 2.45) is 0 Å². The second-order valence-corrected chi connectivity index (χ2v) is 2.08. The molecule has 0 atom stereocenters. The fourth-order valence-corrected chi connectivity index (χ4v) is 0.300. The van der Waals surface area contributed by atoms with Gasteiger partial charge in [0.15, 0.2) is 0 Å². The van der Waals surface area contributed by atoms with Crippen LogP contribution in [0, 0.1) is 11.3 Å². The highest BCUT2D eigenvalue weighted by molar-refractivity contribution is 5.15. The SMILES string of the molecule is C=C(C#N)COC(C)C. The Labute approximate surface area is 55.7 Å². The molecular formula is C7H11NO. The minimum atomic E-state index is 0.176. The maximum Gasteiger partial charge on any atom is 0.0965 e. The van der Waals surface area contributed by atoms with Crippen molar-refractivity contribution in [1.29, 1.82) is 5.26 Å². The van der Waals surface area contributed by atoms with E-state index in [1.54, 1.807) is 0 Å². The van der Waals surface area contributed by atoms with Gasteiger partial charge in [0.05, 0.1) is 18.8 Å². The van der Waals surface area contributed by atoms with Gasteiger partial charge in [0.25, 0.3) is 0 Å². The standard InChI is InChI=1S/C7H11NO/c1-6(2)9-5-7(3)4-8/h6H,3,5H2,1-2H3. The second kappa shape index (κ2) is 4.11. The first-order chi connectivity index (χ1) is 4.16. The van der Waals surface area contributed by atoms with Crippen LogP contribution in [-0.2, 0) is 4.74 Å². The third-order valence-corrected chi connectivity index (χ3v) is 0.749. The van der Waals surface area contributed by atoms with Crippen molar-refractivity contribution in [2.75, 3.05) is 6.61 Å². The zero-order chi connectivity index (χ0) is 7.28. The Bertz CT molecular complexity index is 132. The molecule has 0 radical (unpaired) electrons. The van der Waals surface area contributed by atoms with Gasteiger partial charge >= 0.3 is 0 Å². The fraction of sp³-hybridized carbons (Fsp3) is 0.571. The summed E-state index contributed by atoms with van der Waals surface area (Å²) in [6, 6.07) is 1.90. The highest BCUT2D eigenvalue weighted by atomic mass is 16.5. The van der Waals surface area contributed by atoms with Crippen LogP contribution in [0.4, 0.5) is 0 Å². The summed E-state index contributed by atoms with van der Waals surface area (Å²) >= 11 is 0. The summed E-state index contributed by atoms with van der Waals surface area (Å²) in [7, 11) is 0. The van der Waals surface area contributed by atoms with Crippen LogP contribution in [0.1, 0.15) is 13.8 Å². The summed E-state index contributed by atoms with van der Waals surface area (Å²) in [6.07, 6.45) is 0.176. The first-order valence-corrected chi connectivity index (χ1v) is 2.86. The quantitative estimate of drug-likeness (QED) is 0.535. The molecule has 0 aliphatic heterocycles. The Kier molecular flexibility index (Phi) is 3.74. The molecule has 0 aliphatic rings. The Balaban J connectivity index is 3.31. The molecule has 9 heavy (non-hydrogen) atoms. The van der Waals surface area contributed by atoms with Crippen LogP contribution in [0.15, 0.2) is 12.2 Å². The predicted molar refractivity (Wildman–Crippen MR) is 35.8 cm³/mol. The van der Waals surface area contributed by atoms with Crippen molar-refractivity contribution in [1.82, 2.24) is 0 Å². The number of nitriles is 1. The maximum absolute atomic E-state index is 8.22. The molecule has 0 aromatic rings. The molecule has 0 heterocycles. The molecule has 0 saturated heterocycles. The van der Waals surface area contributed by atoms with Crippen LogP contribution in [-0.4, -0.2) is 12.7 Å². The van der Waals surface area contributed by atoms with Crippen molar-refractivity contribution >= 4 is 0 Å². The van der Waals surface area contributed by atoms with Crippen LogP contribution in [0.2, 0.25) is 0 Å². The molecule has 0 N–H and O–H groups in total. The Morgan fingerprint density at radius 2 is 2.33 bits per heavy atom. The second-order valence-electron chi connectivity index (χ2n) is 2.08. The van der Waals surface area contributed by atoms with Gasteiger partial charge in [0, 0.05) is 5.57 Å². The van der Waals surface area contributed by atoms with Crippen molar-refractivity contribution in [3.05, 3.63) is 12.2 Å². The summed E-state index contributed by atoms with van der Waals surface area (Å²) in [5.74, 6) is 0. The summed E-state index contributed by atoms with van der Waals surface area (Å²) in [6.45, 7) is 7.66. The molecule has 2 heteroatoms. The van der Waals surface area contributed by atoms with Crippen LogP contribution in [0.3, 0.4) is 0 Å². The minimum absolute atomic E-state index is 0.176. The molecule has 0 saturated carbocycles. The normalized spacial score (nSPS) is 9.11. The van der Waals surface area contributed by atoms with E-state index in [1.807, 2.05) is 19.9 Å². The summed E-state index contributed by atoms with van der Waals surface area (Å²) in [4.78, 5) is 0. The van der Waals surface area contributed by atoms with E-state index in [0.29, 0.717) is 12.2 Å². The van der Waals surface area contributed by atoms with Gasteiger partial charge < -0.3 is 4.74 Å². The number of nitrogens with zero attached hydrogens (tertiary/aromatic N) is 1. The third-order valence-electron chi connectivity index (χ3n) is 0.749. The maximum atomic E-state index is 8.22. The van der Waals surface area contributed by atoms with E-state index in [4.69, 9.17) is 10.00 Å².